The average molecular weight is 369 g/mol. The monoisotopic (exact) mass is 369 g/mol. The van der Waals surface area contributed by atoms with Gasteiger partial charge in [-0.05, 0) is 35.4 Å². The molecule has 0 aliphatic carbocycles. The minimum Gasteiger partial charge on any atom is -0.334 e. The van der Waals surface area contributed by atoms with Crippen LogP contribution in [0.15, 0.2) is 83.7 Å². The molecule has 1 amide bonds. The molecule has 1 aromatic heterocycles. The lowest BCUT2D eigenvalue weighted by Crippen LogP contribution is -2.28. The van der Waals surface area contributed by atoms with Crippen molar-refractivity contribution in [2.24, 2.45) is 0 Å². The van der Waals surface area contributed by atoms with Crippen LogP contribution in [0.25, 0.3) is 22.0 Å². The Kier molecular flexibility index (Phi) is 4.72. The smallest absolute Gasteiger partial charge is 0.258 e. The number of rotatable bonds is 4. The minimum absolute atomic E-state index is 0.129. The van der Waals surface area contributed by atoms with E-state index >= 15 is 0 Å². The predicted octanol–water partition coefficient (Wildman–Crippen LogP) is 3.86. The first-order valence-corrected chi connectivity index (χ1v) is 9.01. The van der Waals surface area contributed by atoms with E-state index in [-0.39, 0.29) is 18.0 Å². The lowest BCUT2D eigenvalue weighted by atomic mass is 10.0. The molecule has 0 radical (unpaired) electrons. The number of carbonyl (C=O) groups excluding carboxylic acids is 1. The zero-order valence-electron chi connectivity index (χ0n) is 15.4. The molecule has 0 unspecified atom stereocenters. The SMILES string of the molecule is CN(Cc1nc2ccccc2c(=O)[nH]1)C(=O)c1ccc(-c2ccccc2)cc1. The Morgan fingerprint density at radius 2 is 1.54 bits per heavy atom. The first-order valence-electron chi connectivity index (χ1n) is 9.01. The largest absolute Gasteiger partial charge is 0.334 e. The lowest BCUT2D eigenvalue weighted by Gasteiger charge is -2.17. The van der Waals surface area contributed by atoms with Gasteiger partial charge in [0.25, 0.3) is 11.5 Å². The summed E-state index contributed by atoms with van der Waals surface area (Å²) in [5.41, 5.74) is 3.17. The Labute approximate surface area is 162 Å². The number of amides is 1. The molecule has 0 saturated carbocycles. The third-order valence-electron chi connectivity index (χ3n) is 4.63. The maximum Gasteiger partial charge on any atom is 0.258 e. The van der Waals surface area contributed by atoms with Crippen LogP contribution >= 0.6 is 0 Å². The van der Waals surface area contributed by atoms with Crippen LogP contribution < -0.4 is 5.56 Å². The first kappa shape index (κ1) is 17.7. The van der Waals surface area contributed by atoms with Gasteiger partial charge in [0.1, 0.15) is 5.82 Å². The van der Waals surface area contributed by atoms with Gasteiger partial charge in [0.15, 0.2) is 0 Å². The number of aromatic nitrogens is 2. The molecule has 0 aliphatic rings. The molecule has 0 aliphatic heterocycles. The van der Waals surface area contributed by atoms with Gasteiger partial charge in [0.05, 0.1) is 17.4 Å². The molecular weight excluding hydrogens is 350 g/mol. The Balaban J connectivity index is 1.53. The topological polar surface area (TPSA) is 66.1 Å². The number of carbonyl (C=O) groups is 1. The minimum atomic E-state index is -0.200. The van der Waals surface area contributed by atoms with Gasteiger partial charge in [-0.3, -0.25) is 9.59 Å². The van der Waals surface area contributed by atoms with Crippen LogP contribution in [0.4, 0.5) is 0 Å². The normalized spacial score (nSPS) is 10.8. The highest BCUT2D eigenvalue weighted by Gasteiger charge is 2.14. The van der Waals surface area contributed by atoms with Crippen molar-refractivity contribution < 1.29 is 4.79 Å². The van der Waals surface area contributed by atoms with E-state index in [1.807, 2.05) is 60.7 Å². The number of fused-ring (bicyclic) bond motifs is 1. The maximum absolute atomic E-state index is 12.8. The molecule has 28 heavy (non-hydrogen) atoms. The van der Waals surface area contributed by atoms with Crippen molar-refractivity contribution in [2.75, 3.05) is 7.05 Å². The first-order chi connectivity index (χ1) is 13.6. The van der Waals surface area contributed by atoms with Gasteiger partial charge in [0.2, 0.25) is 0 Å². The predicted molar refractivity (Wildman–Crippen MR) is 110 cm³/mol. The van der Waals surface area contributed by atoms with Gasteiger partial charge in [-0.2, -0.15) is 0 Å². The lowest BCUT2D eigenvalue weighted by molar-refractivity contribution is 0.0781. The summed E-state index contributed by atoms with van der Waals surface area (Å²) in [6.45, 7) is 0.222. The van der Waals surface area contributed by atoms with Crippen LogP contribution in [0.3, 0.4) is 0 Å². The third kappa shape index (κ3) is 3.55. The second-order valence-corrected chi connectivity index (χ2v) is 6.63. The number of hydrogen-bond acceptors (Lipinski definition) is 3. The molecule has 5 nitrogen and oxygen atoms in total. The fraction of sp³-hybridized carbons (Fsp3) is 0.0870. The van der Waals surface area contributed by atoms with E-state index in [0.29, 0.717) is 22.3 Å². The number of H-pyrrole nitrogens is 1. The Morgan fingerprint density at radius 1 is 0.893 bits per heavy atom. The zero-order valence-corrected chi connectivity index (χ0v) is 15.4. The van der Waals surface area contributed by atoms with Crippen molar-refractivity contribution in [2.45, 2.75) is 6.54 Å². The summed E-state index contributed by atoms with van der Waals surface area (Å²) in [5.74, 6) is 0.330. The summed E-state index contributed by atoms with van der Waals surface area (Å²) in [6.07, 6.45) is 0. The Bertz CT molecular complexity index is 1180. The second kappa shape index (κ2) is 7.48. The fourth-order valence-corrected chi connectivity index (χ4v) is 3.16. The van der Waals surface area contributed by atoms with Gasteiger partial charge in [-0.15, -0.1) is 0 Å². The molecule has 0 bridgehead atoms. The average Bonchev–Trinajstić information content (AvgIpc) is 2.74. The quantitative estimate of drug-likeness (QED) is 0.594. The molecule has 0 atom stereocenters. The third-order valence-corrected chi connectivity index (χ3v) is 4.63. The summed E-state index contributed by atoms with van der Waals surface area (Å²) in [4.78, 5) is 33.7. The van der Waals surface area contributed by atoms with Crippen molar-refractivity contribution >= 4 is 16.8 Å². The molecule has 1 heterocycles. The molecule has 4 rings (SSSR count). The van der Waals surface area contributed by atoms with Gasteiger partial charge in [-0.1, -0.05) is 54.6 Å². The molecule has 1 N–H and O–H groups in total. The Hall–Kier alpha value is -3.73. The van der Waals surface area contributed by atoms with E-state index < -0.39 is 0 Å². The van der Waals surface area contributed by atoms with Gasteiger partial charge in [0, 0.05) is 12.6 Å². The zero-order chi connectivity index (χ0) is 19.5. The summed E-state index contributed by atoms with van der Waals surface area (Å²) in [7, 11) is 1.70. The van der Waals surface area contributed by atoms with Crippen molar-refractivity contribution in [1.82, 2.24) is 14.9 Å². The van der Waals surface area contributed by atoms with Gasteiger partial charge >= 0.3 is 0 Å². The summed E-state index contributed by atoms with van der Waals surface area (Å²) >= 11 is 0. The van der Waals surface area contributed by atoms with E-state index in [1.165, 1.54) is 0 Å². The van der Waals surface area contributed by atoms with Crippen LogP contribution in [-0.2, 0) is 6.54 Å². The van der Waals surface area contributed by atoms with Crippen LogP contribution in [0.1, 0.15) is 16.2 Å². The van der Waals surface area contributed by atoms with E-state index in [2.05, 4.69) is 9.97 Å². The highest BCUT2D eigenvalue weighted by atomic mass is 16.2. The number of hydrogen-bond donors (Lipinski definition) is 1. The van der Waals surface area contributed by atoms with Crippen LogP contribution in [0.2, 0.25) is 0 Å². The van der Waals surface area contributed by atoms with Crippen LogP contribution in [-0.4, -0.2) is 27.8 Å². The van der Waals surface area contributed by atoms with Crippen LogP contribution in [0.5, 0.6) is 0 Å². The molecule has 0 fully saturated rings. The number of aromatic amines is 1. The Morgan fingerprint density at radius 3 is 2.29 bits per heavy atom. The number of nitrogens with one attached hydrogen (secondary N) is 1. The highest BCUT2D eigenvalue weighted by molar-refractivity contribution is 5.94. The highest BCUT2D eigenvalue weighted by Crippen LogP contribution is 2.20. The summed E-state index contributed by atoms with van der Waals surface area (Å²) in [5, 5.41) is 0.539. The fourth-order valence-electron chi connectivity index (χ4n) is 3.16. The van der Waals surface area contributed by atoms with Gasteiger partial charge < -0.3 is 9.88 Å². The molecule has 138 valence electrons. The summed E-state index contributed by atoms with van der Waals surface area (Å²) in [6, 6.07) is 24.7. The van der Waals surface area contributed by atoms with Crippen molar-refractivity contribution in [3.63, 3.8) is 0 Å². The molecule has 4 aromatic rings. The molecule has 0 saturated heterocycles. The van der Waals surface area contributed by atoms with Crippen molar-refractivity contribution in [3.8, 4) is 11.1 Å². The van der Waals surface area contributed by atoms with Crippen molar-refractivity contribution in [3.05, 3.63) is 101 Å². The number of nitrogens with zero attached hydrogens (tertiary/aromatic N) is 2. The maximum atomic E-state index is 12.8. The van der Waals surface area contributed by atoms with Crippen LogP contribution in [0, 0.1) is 0 Å². The van der Waals surface area contributed by atoms with E-state index in [9.17, 15) is 9.59 Å². The van der Waals surface area contributed by atoms with E-state index in [0.717, 1.165) is 11.1 Å². The second-order valence-electron chi connectivity index (χ2n) is 6.63. The van der Waals surface area contributed by atoms with E-state index in [4.69, 9.17) is 0 Å². The summed E-state index contributed by atoms with van der Waals surface area (Å²) < 4.78 is 0. The molecule has 5 heteroatoms. The van der Waals surface area contributed by atoms with Gasteiger partial charge in [-0.25, -0.2) is 4.98 Å². The molecule has 0 spiro atoms. The molecular formula is C23H19N3O2. The van der Waals surface area contributed by atoms with E-state index in [1.54, 1.807) is 30.1 Å². The number of benzene rings is 3. The molecule has 3 aromatic carbocycles. The van der Waals surface area contributed by atoms with Crippen molar-refractivity contribution in [1.29, 1.82) is 0 Å². The number of para-hydroxylation sites is 1. The standard InChI is InChI=1S/C23H19N3O2/c1-26(15-21-24-20-10-6-5-9-19(20)22(27)25-21)23(28)18-13-11-17(12-14-18)16-7-3-2-4-8-16/h2-14H,15H2,1H3,(H,24,25,27).